The molecule has 0 aliphatic rings. The smallest absolute Gasteiger partial charge is 0.251 e. The van der Waals surface area contributed by atoms with Crippen LogP contribution < -0.4 is 10.6 Å². The molecule has 0 atom stereocenters. The highest BCUT2D eigenvalue weighted by molar-refractivity contribution is 5.94. The lowest BCUT2D eigenvalue weighted by Crippen LogP contribution is -2.31. The molecule has 88 valence electrons. The van der Waals surface area contributed by atoms with E-state index >= 15 is 0 Å². The molecular weight excluding hydrogens is 200 g/mol. The van der Waals surface area contributed by atoms with Crippen LogP contribution in [0.15, 0.2) is 18.2 Å². The van der Waals surface area contributed by atoms with E-state index in [1.165, 1.54) is 5.56 Å². The van der Waals surface area contributed by atoms with E-state index < -0.39 is 0 Å². The Bertz CT molecular complexity index is 361. The maximum Gasteiger partial charge on any atom is 0.251 e. The fourth-order valence-corrected chi connectivity index (χ4v) is 1.43. The molecule has 0 unspecified atom stereocenters. The summed E-state index contributed by atoms with van der Waals surface area (Å²) in [4.78, 5) is 11.7. The maximum atomic E-state index is 11.7. The minimum absolute atomic E-state index is 0.000929. The largest absolute Gasteiger partial charge is 0.351 e. The summed E-state index contributed by atoms with van der Waals surface area (Å²) in [7, 11) is 0. The summed E-state index contributed by atoms with van der Waals surface area (Å²) in [6.45, 7) is 8.52. The topological polar surface area (TPSA) is 41.1 Å². The second-order valence-electron chi connectivity index (χ2n) is 3.91. The van der Waals surface area contributed by atoms with Gasteiger partial charge in [0.25, 0.3) is 5.91 Å². The van der Waals surface area contributed by atoms with Crippen molar-refractivity contribution in [3.63, 3.8) is 0 Å². The fourth-order valence-electron chi connectivity index (χ4n) is 1.43. The number of rotatable bonds is 5. The highest BCUT2D eigenvalue weighted by Gasteiger charge is 2.05. The molecule has 1 aromatic carbocycles. The molecular formula is C13H20N2O. The van der Waals surface area contributed by atoms with Gasteiger partial charge in [-0.2, -0.15) is 0 Å². The minimum atomic E-state index is 0.000929. The van der Waals surface area contributed by atoms with Gasteiger partial charge in [-0.25, -0.2) is 0 Å². The number of hydrogen-bond acceptors (Lipinski definition) is 2. The molecule has 0 aromatic heterocycles. The summed E-state index contributed by atoms with van der Waals surface area (Å²) >= 11 is 0. The summed E-state index contributed by atoms with van der Waals surface area (Å²) in [5.74, 6) is 0.000929. The molecule has 1 aromatic rings. The van der Waals surface area contributed by atoms with Crippen LogP contribution in [0.2, 0.25) is 0 Å². The third-order valence-corrected chi connectivity index (χ3v) is 2.61. The highest BCUT2D eigenvalue weighted by atomic mass is 16.1. The molecule has 2 N–H and O–H groups in total. The van der Waals surface area contributed by atoms with E-state index in [0.29, 0.717) is 6.54 Å². The standard InChI is InChI=1S/C13H20N2O/c1-4-14-7-8-15-13(16)12-6-5-10(2)11(3)9-12/h5-6,9,14H,4,7-8H2,1-3H3,(H,15,16). The number of hydrogen-bond donors (Lipinski definition) is 2. The van der Waals surface area contributed by atoms with Gasteiger partial charge in [-0.05, 0) is 43.7 Å². The van der Waals surface area contributed by atoms with Crippen molar-refractivity contribution in [2.75, 3.05) is 19.6 Å². The molecule has 0 bridgehead atoms. The predicted octanol–water partition coefficient (Wildman–Crippen LogP) is 1.64. The third-order valence-electron chi connectivity index (χ3n) is 2.61. The van der Waals surface area contributed by atoms with E-state index in [0.717, 1.165) is 24.2 Å². The normalized spacial score (nSPS) is 10.2. The van der Waals surface area contributed by atoms with E-state index in [4.69, 9.17) is 0 Å². The molecule has 0 aliphatic heterocycles. The lowest BCUT2D eigenvalue weighted by molar-refractivity contribution is 0.0954. The Morgan fingerprint density at radius 1 is 1.19 bits per heavy atom. The first-order valence-electron chi connectivity index (χ1n) is 5.71. The van der Waals surface area contributed by atoms with Gasteiger partial charge in [0.05, 0.1) is 0 Å². The quantitative estimate of drug-likeness (QED) is 0.741. The van der Waals surface area contributed by atoms with Gasteiger partial charge in [-0.1, -0.05) is 13.0 Å². The van der Waals surface area contributed by atoms with Crippen molar-refractivity contribution in [1.29, 1.82) is 0 Å². The molecule has 0 spiro atoms. The number of amides is 1. The summed E-state index contributed by atoms with van der Waals surface area (Å²) in [5, 5.41) is 6.04. The first kappa shape index (κ1) is 12.7. The SMILES string of the molecule is CCNCCNC(=O)c1ccc(C)c(C)c1. The molecule has 0 fully saturated rings. The predicted molar refractivity (Wildman–Crippen MR) is 66.8 cm³/mol. The van der Waals surface area contributed by atoms with Crippen LogP contribution in [0.25, 0.3) is 0 Å². The number of aryl methyl sites for hydroxylation is 2. The van der Waals surface area contributed by atoms with Crippen molar-refractivity contribution in [2.24, 2.45) is 0 Å². The average molecular weight is 220 g/mol. The van der Waals surface area contributed by atoms with Crippen molar-refractivity contribution in [1.82, 2.24) is 10.6 Å². The van der Waals surface area contributed by atoms with E-state index in [-0.39, 0.29) is 5.91 Å². The molecule has 1 amide bonds. The van der Waals surface area contributed by atoms with Crippen LogP contribution in [0, 0.1) is 13.8 Å². The number of benzene rings is 1. The Hall–Kier alpha value is -1.35. The van der Waals surface area contributed by atoms with Crippen molar-refractivity contribution >= 4 is 5.91 Å². The molecule has 3 heteroatoms. The Morgan fingerprint density at radius 2 is 1.94 bits per heavy atom. The molecule has 0 heterocycles. The van der Waals surface area contributed by atoms with Crippen LogP contribution in [-0.4, -0.2) is 25.5 Å². The molecule has 1 rings (SSSR count). The van der Waals surface area contributed by atoms with Crippen molar-refractivity contribution in [3.8, 4) is 0 Å². The van der Waals surface area contributed by atoms with Gasteiger partial charge < -0.3 is 10.6 Å². The zero-order valence-corrected chi connectivity index (χ0v) is 10.3. The van der Waals surface area contributed by atoms with Crippen LogP contribution in [0.5, 0.6) is 0 Å². The van der Waals surface area contributed by atoms with Crippen molar-refractivity contribution in [2.45, 2.75) is 20.8 Å². The molecule has 0 aliphatic carbocycles. The first-order valence-corrected chi connectivity index (χ1v) is 5.71. The van der Waals surface area contributed by atoms with Crippen LogP contribution in [0.4, 0.5) is 0 Å². The van der Waals surface area contributed by atoms with Crippen molar-refractivity contribution in [3.05, 3.63) is 34.9 Å². The Labute approximate surface area is 97.2 Å². The van der Waals surface area contributed by atoms with Crippen LogP contribution in [0.1, 0.15) is 28.4 Å². The molecule has 3 nitrogen and oxygen atoms in total. The summed E-state index contributed by atoms with van der Waals surface area (Å²) < 4.78 is 0. The Kier molecular flexibility index (Phi) is 4.99. The van der Waals surface area contributed by atoms with Gasteiger partial charge in [-0.3, -0.25) is 4.79 Å². The Balaban J connectivity index is 2.50. The zero-order valence-electron chi connectivity index (χ0n) is 10.3. The van der Waals surface area contributed by atoms with Gasteiger partial charge in [0.15, 0.2) is 0 Å². The van der Waals surface area contributed by atoms with Gasteiger partial charge in [0, 0.05) is 18.7 Å². The molecule has 0 saturated carbocycles. The fraction of sp³-hybridized carbons (Fsp3) is 0.462. The second-order valence-corrected chi connectivity index (χ2v) is 3.91. The first-order chi connectivity index (χ1) is 7.65. The lowest BCUT2D eigenvalue weighted by Gasteiger charge is -2.07. The summed E-state index contributed by atoms with van der Waals surface area (Å²) in [5.41, 5.74) is 3.10. The number of carbonyl (C=O) groups is 1. The van der Waals surface area contributed by atoms with Gasteiger partial charge in [-0.15, -0.1) is 0 Å². The van der Waals surface area contributed by atoms with Gasteiger partial charge >= 0.3 is 0 Å². The molecule has 16 heavy (non-hydrogen) atoms. The highest BCUT2D eigenvalue weighted by Crippen LogP contribution is 2.09. The third kappa shape index (κ3) is 3.66. The number of nitrogens with one attached hydrogen (secondary N) is 2. The monoisotopic (exact) mass is 220 g/mol. The van der Waals surface area contributed by atoms with Crippen LogP contribution in [-0.2, 0) is 0 Å². The van der Waals surface area contributed by atoms with E-state index in [1.807, 2.05) is 39.0 Å². The van der Waals surface area contributed by atoms with Crippen molar-refractivity contribution < 1.29 is 4.79 Å². The van der Waals surface area contributed by atoms with E-state index in [9.17, 15) is 4.79 Å². The van der Waals surface area contributed by atoms with E-state index in [2.05, 4.69) is 10.6 Å². The minimum Gasteiger partial charge on any atom is -0.351 e. The average Bonchev–Trinajstić information content (AvgIpc) is 2.28. The molecule has 0 radical (unpaired) electrons. The van der Waals surface area contributed by atoms with Crippen LogP contribution in [0.3, 0.4) is 0 Å². The maximum absolute atomic E-state index is 11.7. The van der Waals surface area contributed by atoms with Gasteiger partial charge in [0.2, 0.25) is 0 Å². The summed E-state index contributed by atoms with van der Waals surface area (Å²) in [6.07, 6.45) is 0. The Morgan fingerprint density at radius 3 is 2.56 bits per heavy atom. The molecule has 0 saturated heterocycles. The summed E-state index contributed by atoms with van der Waals surface area (Å²) in [6, 6.07) is 5.78. The second kappa shape index (κ2) is 6.28. The van der Waals surface area contributed by atoms with Crippen LogP contribution >= 0.6 is 0 Å². The zero-order chi connectivity index (χ0) is 12.0. The lowest BCUT2D eigenvalue weighted by atomic mass is 10.1. The number of carbonyl (C=O) groups excluding carboxylic acids is 1. The van der Waals surface area contributed by atoms with Gasteiger partial charge in [0.1, 0.15) is 0 Å². The number of likely N-dealkylation sites (N-methyl/N-ethyl adjacent to an activating group) is 1. The van der Waals surface area contributed by atoms with E-state index in [1.54, 1.807) is 0 Å².